The molecule has 2 bridgehead atoms. The van der Waals surface area contributed by atoms with Crippen molar-refractivity contribution in [3.05, 3.63) is 130 Å². The summed E-state index contributed by atoms with van der Waals surface area (Å²) in [6.45, 7) is 9.91. The molecule has 2 heterocycles. The smallest absolute Gasteiger partial charge is 0.293 e. The number of carbonyl (C=O) groups excluding carboxylic acids is 2. The fourth-order valence-corrected chi connectivity index (χ4v) is 10.4. The van der Waals surface area contributed by atoms with Crippen molar-refractivity contribution >= 4 is 50.3 Å². The molecule has 2 N–H and O–H groups in total. The van der Waals surface area contributed by atoms with Crippen molar-refractivity contribution in [1.29, 1.82) is 0 Å². The largest absolute Gasteiger partial charge is 0.381 e. The molecule has 4 aromatic rings. The zero-order valence-electron chi connectivity index (χ0n) is 34.1. The van der Waals surface area contributed by atoms with E-state index >= 15 is 0 Å². The number of hydrogen-bond acceptors (Lipinski definition) is 10. The summed E-state index contributed by atoms with van der Waals surface area (Å²) in [7, 11) is -4.41. The number of anilines is 4. The summed E-state index contributed by atoms with van der Waals surface area (Å²) in [6.07, 6.45) is 7.95. The predicted octanol–water partition coefficient (Wildman–Crippen LogP) is 7.53. The Labute approximate surface area is 351 Å². The molecule has 2 saturated heterocycles. The number of ether oxygens (including phenoxy) is 1. The van der Waals surface area contributed by atoms with Crippen LogP contribution in [0.15, 0.2) is 114 Å². The van der Waals surface area contributed by atoms with Gasteiger partial charge in [-0.1, -0.05) is 62.4 Å². The van der Waals surface area contributed by atoms with Gasteiger partial charge in [-0.3, -0.25) is 29.5 Å². The molecule has 2 atom stereocenters. The van der Waals surface area contributed by atoms with Gasteiger partial charge in [0.1, 0.15) is 5.69 Å². The van der Waals surface area contributed by atoms with E-state index in [-0.39, 0.29) is 33.2 Å². The highest BCUT2D eigenvalue weighted by Crippen LogP contribution is 2.63. The van der Waals surface area contributed by atoms with E-state index in [0.29, 0.717) is 38.1 Å². The van der Waals surface area contributed by atoms with Gasteiger partial charge in [0, 0.05) is 75.5 Å². The number of nitro benzene ring substituents is 1. The minimum absolute atomic E-state index is 0.120. The minimum Gasteiger partial charge on any atom is -0.381 e. The van der Waals surface area contributed by atoms with Crippen molar-refractivity contribution in [2.45, 2.75) is 51.0 Å². The van der Waals surface area contributed by atoms with E-state index in [1.165, 1.54) is 12.1 Å². The van der Waals surface area contributed by atoms with Crippen LogP contribution in [-0.2, 0) is 26.1 Å². The third kappa shape index (κ3) is 8.03. The number of nitrogens with one attached hydrogen (secondary N) is 2. The summed E-state index contributed by atoms with van der Waals surface area (Å²) in [5.74, 6) is -0.0256. The molecule has 4 aliphatic rings. The molecular formula is C46H52N6O7S. The first kappa shape index (κ1) is 41.2. The molecule has 0 spiro atoms. The molecule has 2 aliphatic heterocycles. The molecule has 3 fully saturated rings. The lowest BCUT2D eigenvalue weighted by Crippen LogP contribution is -2.47. The van der Waals surface area contributed by atoms with E-state index in [1.807, 2.05) is 47.4 Å². The van der Waals surface area contributed by atoms with Crippen molar-refractivity contribution in [2.75, 3.05) is 61.1 Å². The molecule has 2 amide bonds. The summed E-state index contributed by atoms with van der Waals surface area (Å²) >= 11 is 0. The standard InChI is InChI=1S/C46H52N6O7S/c1-45(2)36-18-22-46(45,23-19-36)44(54)51(38-9-4-3-5-10-38)41-11-7-6-8-35(41)32-49-24-26-50(27-25-49)37-14-12-34(13-15-37)43(53)48-60(57,58)39-16-17-40(42(30-39)52(55)56)47-31-33-20-28-59-29-21-33/h3-18,22,30,33,36,47H,19-21,23-29,31-32H2,1-2H3,(H,48,53). The number of hydrogen-bond donors (Lipinski definition) is 2. The SMILES string of the molecule is CC1(C)C2C=CC1(C(=O)N(c1ccccc1)c1ccccc1CN1CCN(c3ccc(C(=O)NS(=O)(=O)c4ccc(NCC5CCOCC5)c([N+](=O)[O-])c4)cc3)CC1)CC2. The number of amides is 2. The Morgan fingerprint density at radius 1 is 0.900 bits per heavy atom. The molecule has 60 heavy (non-hydrogen) atoms. The Morgan fingerprint density at radius 3 is 2.25 bits per heavy atom. The second-order valence-corrected chi connectivity index (χ2v) is 18.6. The van der Waals surface area contributed by atoms with Gasteiger partial charge in [0.15, 0.2) is 0 Å². The van der Waals surface area contributed by atoms with Gasteiger partial charge in [0.25, 0.3) is 21.6 Å². The Kier molecular flexibility index (Phi) is 11.5. The number of allylic oxidation sites excluding steroid dienone is 1. The van der Waals surface area contributed by atoms with Gasteiger partial charge in [-0.15, -0.1) is 0 Å². The first-order valence-corrected chi connectivity index (χ1v) is 22.3. The van der Waals surface area contributed by atoms with E-state index in [9.17, 15) is 28.1 Å². The van der Waals surface area contributed by atoms with Crippen molar-refractivity contribution in [3.8, 4) is 0 Å². The monoisotopic (exact) mass is 832 g/mol. The Bertz CT molecular complexity index is 2380. The van der Waals surface area contributed by atoms with Crippen LogP contribution in [0.25, 0.3) is 0 Å². The summed E-state index contributed by atoms with van der Waals surface area (Å²) in [5.41, 5.74) is 2.98. The quantitative estimate of drug-likeness (QED) is 0.0785. The summed E-state index contributed by atoms with van der Waals surface area (Å²) in [5, 5.41) is 15.0. The highest BCUT2D eigenvalue weighted by Gasteiger charge is 2.61. The van der Waals surface area contributed by atoms with Crippen LogP contribution < -0.4 is 19.8 Å². The number of nitrogens with zero attached hydrogens (tertiary/aromatic N) is 4. The van der Waals surface area contributed by atoms with E-state index < -0.39 is 26.3 Å². The molecule has 314 valence electrons. The highest BCUT2D eigenvalue weighted by atomic mass is 32.2. The lowest BCUT2D eigenvalue weighted by Gasteiger charge is -2.41. The third-order valence-corrected chi connectivity index (χ3v) is 14.6. The highest BCUT2D eigenvalue weighted by molar-refractivity contribution is 7.90. The zero-order valence-corrected chi connectivity index (χ0v) is 34.9. The van der Waals surface area contributed by atoms with Gasteiger partial charge in [0.05, 0.1) is 20.9 Å². The second kappa shape index (κ2) is 16.8. The maximum atomic E-state index is 14.9. The molecule has 1 saturated carbocycles. The number of para-hydroxylation sites is 2. The van der Waals surface area contributed by atoms with Gasteiger partial charge < -0.3 is 15.0 Å². The number of sulfonamides is 1. The van der Waals surface area contributed by atoms with E-state index in [2.05, 4.69) is 58.0 Å². The predicted molar refractivity (Wildman–Crippen MR) is 232 cm³/mol. The normalized spacial score (nSPS) is 21.4. The Morgan fingerprint density at radius 2 is 1.60 bits per heavy atom. The molecule has 8 rings (SSSR count). The van der Waals surface area contributed by atoms with Crippen LogP contribution in [0.4, 0.5) is 28.4 Å². The van der Waals surface area contributed by atoms with Crippen LogP contribution in [-0.4, -0.2) is 76.0 Å². The molecule has 2 aliphatic carbocycles. The third-order valence-electron chi connectivity index (χ3n) is 13.3. The molecule has 0 radical (unpaired) electrons. The topological polar surface area (TPSA) is 154 Å². The van der Waals surface area contributed by atoms with E-state index in [1.54, 1.807) is 24.3 Å². The fourth-order valence-electron chi connectivity index (χ4n) is 9.42. The van der Waals surface area contributed by atoms with Crippen LogP contribution in [0, 0.1) is 32.8 Å². The number of piperazine rings is 1. The van der Waals surface area contributed by atoms with Gasteiger partial charge in [-0.05, 0) is 103 Å². The van der Waals surface area contributed by atoms with Crippen LogP contribution in [0.2, 0.25) is 0 Å². The zero-order chi connectivity index (χ0) is 42.1. The lowest BCUT2D eigenvalue weighted by atomic mass is 9.68. The van der Waals surface area contributed by atoms with E-state index in [4.69, 9.17) is 4.74 Å². The van der Waals surface area contributed by atoms with Gasteiger partial charge in [-0.2, -0.15) is 0 Å². The summed E-state index contributed by atoms with van der Waals surface area (Å²) in [4.78, 5) is 45.5. The maximum absolute atomic E-state index is 14.9. The van der Waals surface area contributed by atoms with Gasteiger partial charge >= 0.3 is 0 Å². The lowest BCUT2D eigenvalue weighted by molar-refractivity contribution is -0.384. The number of carbonyl (C=O) groups is 2. The van der Waals surface area contributed by atoms with Crippen LogP contribution in [0.3, 0.4) is 0 Å². The van der Waals surface area contributed by atoms with Gasteiger partial charge in [-0.25, -0.2) is 13.1 Å². The summed E-state index contributed by atoms with van der Waals surface area (Å²) < 4.78 is 33.9. The first-order valence-electron chi connectivity index (χ1n) is 20.8. The van der Waals surface area contributed by atoms with E-state index in [0.717, 1.165) is 80.6 Å². The first-order chi connectivity index (χ1) is 28.9. The molecule has 2 unspecified atom stereocenters. The molecule has 0 aromatic heterocycles. The molecular weight excluding hydrogens is 781 g/mol. The second-order valence-electron chi connectivity index (χ2n) is 16.9. The maximum Gasteiger partial charge on any atom is 0.293 e. The Hall–Kier alpha value is -5.57. The number of rotatable bonds is 13. The molecule has 4 aromatic carbocycles. The van der Waals surface area contributed by atoms with Crippen molar-refractivity contribution < 1.29 is 27.7 Å². The number of nitro groups is 1. The minimum atomic E-state index is -4.41. The van der Waals surface area contributed by atoms with Crippen LogP contribution in [0.1, 0.15) is 55.5 Å². The van der Waals surface area contributed by atoms with Crippen molar-refractivity contribution in [3.63, 3.8) is 0 Å². The number of benzene rings is 4. The fraction of sp³-hybridized carbons (Fsp3) is 0.391. The molecule has 14 heteroatoms. The van der Waals surface area contributed by atoms with Crippen LogP contribution >= 0.6 is 0 Å². The molecule has 13 nitrogen and oxygen atoms in total. The average molecular weight is 833 g/mol. The van der Waals surface area contributed by atoms with Gasteiger partial charge in [0.2, 0.25) is 5.91 Å². The van der Waals surface area contributed by atoms with Crippen molar-refractivity contribution in [1.82, 2.24) is 9.62 Å². The summed E-state index contributed by atoms with van der Waals surface area (Å²) in [6, 6.07) is 28.5. The van der Waals surface area contributed by atoms with Crippen LogP contribution in [0.5, 0.6) is 0 Å². The van der Waals surface area contributed by atoms with Crippen molar-refractivity contribution in [2.24, 2.45) is 22.7 Å². The average Bonchev–Trinajstić information content (AvgIpc) is 3.68. The Balaban J connectivity index is 0.901. The number of fused-ring (bicyclic) bond motifs is 2.